The van der Waals surface area contributed by atoms with Gasteiger partial charge < -0.3 is 9.80 Å². The second-order valence-electron chi connectivity index (χ2n) is 7.95. The van der Waals surface area contributed by atoms with Gasteiger partial charge in [0.15, 0.2) is 5.69 Å². The molecule has 27 heavy (non-hydrogen) atoms. The summed E-state index contributed by atoms with van der Waals surface area (Å²) >= 11 is 3.51. The Hall–Kier alpha value is -1.41. The van der Waals surface area contributed by atoms with E-state index in [1.54, 1.807) is 0 Å². The van der Waals surface area contributed by atoms with Crippen molar-refractivity contribution in [3.8, 4) is 0 Å². The van der Waals surface area contributed by atoms with Crippen molar-refractivity contribution >= 4 is 27.7 Å². The van der Waals surface area contributed by atoms with Crippen LogP contribution in [0, 0.1) is 0 Å². The first-order valence-electron chi connectivity index (χ1n) is 9.93. The van der Waals surface area contributed by atoms with Crippen molar-refractivity contribution in [1.29, 1.82) is 0 Å². The SMILES string of the molecule is CC(C)c1[nH]nc(C(=O)N2CCN(CC(=O)N3CCCCC3C)CC2)c1Br. The summed E-state index contributed by atoms with van der Waals surface area (Å²) in [6, 6.07) is 0.348. The minimum atomic E-state index is -0.0549. The Balaban J connectivity index is 1.52. The first-order chi connectivity index (χ1) is 12.9. The molecule has 1 atom stereocenters. The first kappa shape index (κ1) is 20.3. The molecule has 0 bridgehead atoms. The summed E-state index contributed by atoms with van der Waals surface area (Å²) in [6.07, 6.45) is 3.42. The van der Waals surface area contributed by atoms with E-state index in [0.717, 1.165) is 42.6 Å². The number of halogens is 1. The predicted octanol–water partition coefficient (Wildman–Crippen LogP) is 2.45. The van der Waals surface area contributed by atoms with Crippen LogP contribution in [0.3, 0.4) is 0 Å². The molecule has 1 N–H and O–H groups in total. The fraction of sp³-hybridized carbons (Fsp3) is 0.737. The number of piperidine rings is 1. The van der Waals surface area contributed by atoms with Gasteiger partial charge in [-0.1, -0.05) is 13.8 Å². The number of nitrogens with zero attached hydrogens (tertiary/aromatic N) is 4. The molecule has 150 valence electrons. The largest absolute Gasteiger partial charge is 0.339 e. The Morgan fingerprint density at radius 3 is 2.48 bits per heavy atom. The van der Waals surface area contributed by atoms with Crippen LogP contribution in [0.25, 0.3) is 0 Å². The van der Waals surface area contributed by atoms with Gasteiger partial charge in [-0.15, -0.1) is 0 Å². The second-order valence-corrected chi connectivity index (χ2v) is 8.75. The molecule has 8 heteroatoms. The zero-order valence-electron chi connectivity index (χ0n) is 16.5. The van der Waals surface area contributed by atoms with E-state index < -0.39 is 0 Å². The van der Waals surface area contributed by atoms with Gasteiger partial charge in [-0.3, -0.25) is 19.6 Å². The summed E-state index contributed by atoms with van der Waals surface area (Å²) in [5.74, 6) is 0.438. The number of rotatable bonds is 4. The number of carbonyl (C=O) groups excluding carboxylic acids is 2. The van der Waals surface area contributed by atoms with Crippen molar-refractivity contribution in [2.24, 2.45) is 0 Å². The average Bonchev–Trinajstić information content (AvgIpc) is 3.03. The molecule has 1 aromatic rings. The molecule has 2 saturated heterocycles. The van der Waals surface area contributed by atoms with Gasteiger partial charge in [0.2, 0.25) is 5.91 Å². The number of hydrogen-bond donors (Lipinski definition) is 1. The third-order valence-corrected chi connectivity index (χ3v) is 6.46. The van der Waals surface area contributed by atoms with E-state index in [1.807, 2.05) is 9.80 Å². The molecule has 2 fully saturated rings. The summed E-state index contributed by atoms with van der Waals surface area (Å²) < 4.78 is 0.763. The highest BCUT2D eigenvalue weighted by Gasteiger charge is 2.29. The predicted molar refractivity (Wildman–Crippen MR) is 108 cm³/mol. The van der Waals surface area contributed by atoms with E-state index in [-0.39, 0.29) is 17.7 Å². The number of H-pyrrole nitrogens is 1. The Morgan fingerprint density at radius 1 is 1.19 bits per heavy atom. The minimum absolute atomic E-state index is 0.0549. The lowest BCUT2D eigenvalue weighted by Gasteiger charge is -2.38. The zero-order chi connectivity index (χ0) is 19.6. The summed E-state index contributed by atoms with van der Waals surface area (Å²) in [6.45, 7) is 10.3. The monoisotopic (exact) mass is 439 g/mol. The number of carbonyl (C=O) groups is 2. The topological polar surface area (TPSA) is 72.5 Å². The normalized spacial score (nSPS) is 21.7. The fourth-order valence-electron chi connectivity index (χ4n) is 3.88. The van der Waals surface area contributed by atoms with Gasteiger partial charge in [0.05, 0.1) is 16.7 Å². The molecule has 0 saturated carbocycles. The van der Waals surface area contributed by atoms with Crippen molar-refractivity contribution in [3.63, 3.8) is 0 Å². The summed E-state index contributed by atoms with van der Waals surface area (Å²) in [5.41, 5.74) is 1.39. The lowest BCUT2D eigenvalue weighted by molar-refractivity contribution is -0.136. The highest BCUT2D eigenvalue weighted by molar-refractivity contribution is 9.10. The van der Waals surface area contributed by atoms with Crippen LogP contribution in [-0.2, 0) is 4.79 Å². The number of piperazine rings is 1. The van der Waals surface area contributed by atoms with Gasteiger partial charge in [-0.05, 0) is 48.0 Å². The van der Waals surface area contributed by atoms with E-state index in [0.29, 0.717) is 31.4 Å². The van der Waals surface area contributed by atoms with Crippen LogP contribution in [0.4, 0.5) is 0 Å². The number of hydrogen-bond acceptors (Lipinski definition) is 4. The van der Waals surface area contributed by atoms with E-state index in [2.05, 4.69) is 51.8 Å². The second kappa shape index (κ2) is 8.73. The maximum Gasteiger partial charge on any atom is 0.275 e. The van der Waals surface area contributed by atoms with E-state index in [9.17, 15) is 9.59 Å². The van der Waals surface area contributed by atoms with Crippen LogP contribution in [-0.4, -0.2) is 82.0 Å². The van der Waals surface area contributed by atoms with Gasteiger partial charge in [-0.25, -0.2) is 0 Å². The van der Waals surface area contributed by atoms with Gasteiger partial charge in [0.25, 0.3) is 5.91 Å². The van der Waals surface area contributed by atoms with Crippen LogP contribution >= 0.6 is 15.9 Å². The first-order valence-corrected chi connectivity index (χ1v) is 10.7. The Morgan fingerprint density at radius 2 is 1.89 bits per heavy atom. The van der Waals surface area contributed by atoms with Crippen LogP contribution < -0.4 is 0 Å². The van der Waals surface area contributed by atoms with Gasteiger partial charge >= 0.3 is 0 Å². The average molecular weight is 440 g/mol. The van der Waals surface area contributed by atoms with Gasteiger partial charge in [-0.2, -0.15) is 5.10 Å². The van der Waals surface area contributed by atoms with Crippen molar-refractivity contribution in [1.82, 2.24) is 24.9 Å². The number of amides is 2. The van der Waals surface area contributed by atoms with Crippen LogP contribution in [0.15, 0.2) is 4.47 Å². The zero-order valence-corrected chi connectivity index (χ0v) is 18.1. The lowest BCUT2D eigenvalue weighted by atomic mass is 10.0. The quantitative estimate of drug-likeness (QED) is 0.781. The van der Waals surface area contributed by atoms with Crippen molar-refractivity contribution < 1.29 is 9.59 Å². The standard InChI is InChI=1S/C19H30BrN5O2/c1-13(2)17-16(20)18(22-21-17)19(27)24-10-8-23(9-11-24)12-15(26)25-7-5-4-6-14(25)3/h13-14H,4-12H2,1-3H3,(H,21,22). The van der Waals surface area contributed by atoms with Gasteiger partial charge in [0.1, 0.15) is 0 Å². The maximum atomic E-state index is 12.8. The molecule has 3 heterocycles. The molecule has 0 aliphatic carbocycles. The highest BCUT2D eigenvalue weighted by atomic mass is 79.9. The van der Waals surface area contributed by atoms with Crippen LogP contribution in [0.2, 0.25) is 0 Å². The number of aromatic amines is 1. The van der Waals surface area contributed by atoms with Crippen LogP contribution in [0.1, 0.15) is 62.1 Å². The van der Waals surface area contributed by atoms with Gasteiger partial charge in [0, 0.05) is 38.8 Å². The number of nitrogens with one attached hydrogen (secondary N) is 1. The van der Waals surface area contributed by atoms with Crippen molar-refractivity contribution in [3.05, 3.63) is 15.9 Å². The Bertz CT molecular complexity index is 682. The summed E-state index contributed by atoms with van der Waals surface area (Å²) in [5, 5.41) is 7.18. The molecule has 0 spiro atoms. The molecule has 7 nitrogen and oxygen atoms in total. The summed E-state index contributed by atoms with van der Waals surface area (Å²) in [4.78, 5) is 31.4. The molecule has 1 aromatic heterocycles. The molecule has 2 amide bonds. The van der Waals surface area contributed by atoms with Crippen molar-refractivity contribution in [2.75, 3.05) is 39.3 Å². The number of likely N-dealkylation sites (tertiary alicyclic amines) is 1. The van der Waals surface area contributed by atoms with Crippen LogP contribution in [0.5, 0.6) is 0 Å². The van der Waals surface area contributed by atoms with E-state index in [4.69, 9.17) is 0 Å². The minimum Gasteiger partial charge on any atom is -0.339 e. The Kier molecular flexibility index (Phi) is 6.57. The molecule has 0 radical (unpaired) electrons. The molecule has 2 aliphatic rings. The van der Waals surface area contributed by atoms with Crippen molar-refractivity contribution in [2.45, 2.75) is 52.0 Å². The lowest BCUT2D eigenvalue weighted by Crippen LogP contribution is -2.53. The molecule has 1 unspecified atom stereocenters. The fourth-order valence-corrected chi connectivity index (χ4v) is 4.68. The molecular formula is C19H30BrN5O2. The molecular weight excluding hydrogens is 410 g/mol. The maximum absolute atomic E-state index is 12.8. The smallest absolute Gasteiger partial charge is 0.275 e. The highest BCUT2D eigenvalue weighted by Crippen LogP contribution is 2.26. The molecule has 0 aromatic carbocycles. The molecule has 2 aliphatic heterocycles. The molecule has 3 rings (SSSR count). The number of aromatic nitrogens is 2. The summed E-state index contributed by atoms with van der Waals surface area (Å²) in [7, 11) is 0. The third kappa shape index (κ3) is 4.54. The third-order valence-electron chi connectivity index (χ3n) is 5.65. The van der Waals surface area contributed by atoms with E-state index >= 15 is 0 Å². The Labute approximate surface area is 169 Å². The van der Waals surface area contributed by atoms with E-state index in [1.165, 1.54) is 6.42 Å².